The van der Waals surface area contributed by atoms with Gasteiger partial charge in [-0.1, -0.05) is 19.0 Å². The molecule has 0 bridgehead atoms. The van der Waals surface area contributed by atoms with Crippen molar-refractivity contribution in [2.24, 2.45) is 5.92 Å². The van der Waals surface area contributed by atoms with Crippen LogP contribution in [0.3, 0.4) is 0 Å². The van der Waals surface area contributed by atoms with Crippen LogP contribution < -0.4 is 10.0 Å². The normalized spacial score (nSPS) is 15.8. The van der Waals surface area contributed by atoms with E-state index in [0.717, 1.165) is 12.8 Å². The monoisotopic (exact) mass is 406 g/mol. The fraction of sp³-hybridized carbons (Fsp3) is 0.526. The second-order valence-electron chi connectivity index (χ2n) is 7.76. The number of aromatic nitrogens is 2. The van der Waals surface area contributed by atoms with Crippen molar-refractivity contribution in [2.45, 2.75) is 63.4 Å². The number of rotatable bonds is 8. The summed E-state index contributed by atoms with van der Waals surface area (Å²) < 4.78 is 32.3. The van der Waals surface area contributed by atoms with E-state index in [1.165, 1.54) is 24.3 Å². The van der Waals surface area contributed by atoms with Gasteiger partial charge in [-0.05, 0) is 56.9 Å². The third-order valence-corrected chi connectivity index (χ3v) is 6.11. The molecule has 28 heavy (non-hydrogen) atoms. The number of hydrogen-bond donors (Lipinski definition) is 2. The third kappa shape index (κ3) is 4.77. The number of nitrogens with zero attached hydrogens (tertiary/aromatic N) is 2. The Labute approximate surface area is 165 Å². The fourth-order valence-corrected chi connectivity index (χ4v) is 4.03. The molecule has 1 aliphatic rings. The van der Waals surface area contributed by atoms with Crippen LogP contribution in [0, 0.1) is 5.92 Å². The predicted octanol–water partition coefficient (Wildman–Crippen LogP) is 2.76. The molecule has 9 heteroatoms. The standard InChI is InChI=1S/C19H26N4O4S/c1-11(2)16(19-21-17(22-27-19)13-5-6-13)20-18(24)14-7-9-15(10-8-14)28(25,26)23-12(3)4/h7-13,16,23H,5-6H2,1-4H3,(H,20,24). The molecule has 1 saturated carbocycles. The van der Waals surface area contributed by atoms with Crippen LogP contribution in [0.2, 0.25) is 0 Å². The van der Waals surface area contributed by atoms with Crippen molar-refractivity contribution in [2.75, 3.05) is 0 Å². The van der Waals surface area contributed by atoms with E-state index in [1.54, 1.807) is 13.8 Å². The Morgan fingerprint density at radius 1 is 1.14 bits per heavy atom. The largest absolute Gasteiger partial charge is 0.340 e. The summed E-state index contributed by atoms with van der Waals surface area (Å²) in [5.74, 6) is 1.18. The highest BCUT2D eigenvalue weighted by molar-refractivity contribution is 7.89. The lowest BCUT2D eigenvalue weighted by atomic mass is 10.0. The number of hydrogen-bond acceptors (Lipinski definition) is 6. The van der Waals surface area contributed by atoms with Gasteiger partial charge in [0.2, 0.25) is 15.9 Å². The average Bonchev–Trinajstić information content (AvgIpc) is 3.36. The first-order valence-electron chi connectivity index (χ1n) is 9.44. The molecular weight excluding hydrogens is 380 g/mol. The van der Waals surface area contributed by atoms with E-state index in [-0.39, 0.29) is 22.8 Å². The van der Waals surface area contributed by atoms with Crippen molar-refractivity contribution >= 4 is 15.9 Å². The number of carbonyl (C=O) groups excluding carboxylic acids is 1. The van der Waals surface area contributed by atoms with Gasteiger partial charge in [-0.15, -0.1) is 0 Å². The zero-order valence-corrected chi connectivity index (χ0v) is 17.3. The molecule has 1 atom stereocenters. The maximum Gasteiger partial charge on any atom is 0.251 e. The lowest BCUT2D eigenvalue weighted by Gasteiger charge is -2.18. The van der Waals surface area contributed by atoms with Gasteiger partial charge in [-0.3, -0.25) is 4.79 Å². The first-order chi connectivity index (χ1) is 13.2. The minimum absolute atomic E-state index is 0.0475. The molecule has 1 aromatic heterocycles. The zero-order chi connectivity index (χ0) is 20.5. The molecule has 152 valence electrons. The van der Waals surface area contributed by atoms with Gasteiger partial charge < -0.3 is 9.84 Å². The minimum atomic E-state index is -3.60. The predicted molar refractivity (Wildman–Crippen MR) is 103 cm³/mol. The Morgan fingerprint density at radius 3 is 2.32 bits per heavy atom. The molecule has 1 amide bonds. The van der Waals surface area contributed by atoms with Crippen LogP contribution in [0.25, 0.3) is 0 Å². The second-order valence-corrected chi connectivity index (χ2v) is 9.47. The van der Waals surface area contributed by atoms with Gasteiger partial charge in [0, 0.05) is 17.5 Å². The number of benzene rings is 1. The molecule has 8 nitrogen and oxygen atoms in total. The molecule has 1 aromatic carbocycles. The zero-order valence-electron chi connectivity index (χ0n) is 16.5. The molecule has 1 fully saturated rings. The Bertz CT molecular complexity index is 931. The first-order valence-corrected chi connectivity index (χ1v) is 10.9. The van der Waals surface area contributed by atoms with Crippen molar-refractivity contribution in [1.29, 1.82) is 0 Å². The van der Waals surface area contributed by atoms with E-state index in [1.807, 2.05) is 13.8 Å². The Kier molecular flexibility index (Phi) is 5.85. The summed E-state index contributed by atoms with van der Waals surface area (Å²) in [6, 6.07) is 5.19. The topological polar surface area (TPSA) is 114 Å². The van der Waals surface area contributed by atoms with Gasteiger partial charge in [0.15, 0.2) is 5.82 Å². The van der Waals surface area contributed by atoms with Crippen LogP contribution in [-0.2, 0) is 10.0 Å². The smallest absolute Gasteiger partial charge is 0.251 e. The summed E-state index contributed by atoms with van der Waals surface area (Å²) in [5.41, 5.74) is 0.357. The van der Waals surface area contributed by atoms with Gasteiger partial charge >= 0.3 is 0 Å². The Balaban J connectivity index is 1.73. The van der Waals surface area contributed by atoms with Crippen LogP contribution in [-0.4, -0.2) is 30.5 Å². The van der Waals surface area contributed by atoms with E-state index in [2.05, 4.69) is 20.2 Å². The summed E-state index contributed by atoms with van der Waals surface area (Å²) in [7, 11) is -3.60. The molecule has 2 N–H and O–H groups in total. The van der Waals surface area contributed by atoms with Crippen molar-refractivity contribution in [3.8, 4) is 0 Å². The van der Waals surface area contributed by atoms with E-state index in [9.17, 15) is 13.2 Å². The maximum atomic E-state index is 12.7. The van der Waals surface area contributed by atoms with E-state index in [4.69, 9.17) is 4.52 Å². The lowest BCUT2D eigenvalue weighted by Crippen LogP contribution is -2.32. The van der Waals surface area contributed by atoms with Crippen LogP contribution >= 0.6 is 0 Å². The molecule has 2 aromatic rings. The maximum absolute atomic E-state index is 12.7. The van der Waals surface area contributed by atoms with Gasteiger partial charge in [0.1, 0.15) is 6.04 Å². The first kappa shape index (κ1) is 20.5. The summed E-state index contributed by atoms with van der Waals surface area (Å²) in [6.45, 7) is 7.41. The van der Waals surface area contributed by atoms with E-state index >= 15 is 0 Å². The number of carbonyl (C=O) groups is 1. The molecule has 3 rings (SSSR count). The lowest BCUT2D eigenvalue weighted by molar-refractivity contribution is 0.0914. The number of sulfonamides is 1. The quantitative estimate of drug-likeness (QED) is 0.697. The summed E-state index contributed by atoms with van der Waals surface area (Å²) >= 11 is 0. The van der Waals surface area contributed by atoms with Gasteiger partial charge in [0.25, 0.3) is 5.91 Å². The molecule has 1 heterocycles. The molecule has 0 spiro atoms. The highest BCUT2D eigenvalue weighted by Crippen LogP contribution is 2.38. The SMILES string of the molecule is CC(C)NS(=O)(=O)c1ccc(C(=O)NC(c2nc(C3CC3)no2)C(C)C)cc1. The molecule has 0 radical (unpaired) electrons. The second kappa shape index (κ2) is 8.00. The van der Waals surface area contributed by atoms with Crippen LogP contribution in [0.1, 0.15) is 74.6 Å². The van der Waals surface area contributed by atoms with Crippen molar-refractivity contribution in [3.63, 3.8) is 0 Å². The van der Waals surface area contributed by atoms with Crippen LogP contribution in [0.4, 0.5) is 0 Å². The van der Waals surface area contributed by atoms with Gasteiger partial charge in [0.05, 0.1) is 4.90 Å². The molecule has 0 aliphatic heterocycles. The minimum Gasteiger partial charge on any atom is -0.340 e. The van der Waals surface area contributed by atoms with Crippen LogP contribution in [0.5, 0.6) is 0 Å². The number of nitrogens with one attached hydrogen (secondary N) is 2. The van der Waals surface area contributed by atoms with Crippen molar-refractivity contribution < 1.29 is 17.7 Å². The number of amides is 1. The Hall–Kier alpha value is -2.26. The average molecular weight is 407 g/mol. The van der Waals surface area contributed by atoms with E-state index in [0.29, 0.717) is 23.2 Å². The summed E-state index contributed by atoms with van der Waals surface area (Å²) in [5, 5.41) is 6.92. The highest BCUT2D eigenvalue weighted by atomic mass is 32.2. The third-order valence-electron chi connectivity index (χ3n) is 4.44. The molecule has 1 aliphatic carbocycles. The van der Waals surface area contributed by atoms with Gasteiger partial charge in [-0.2, -0.15) is 4.98 Å². The van der Waals surface area contributed by atoms with E-state index < -0.39 is 16.1 Å². The fourth-order valence-electron chi connectivity index (χ4n) is 2.78. The summed E-state index contributed by atoms with van der Waals surface area (Å²) in [4.78, 5) is 17.2. The van der Waals surface area contributed by atoms with Crippen molar-refractivity contribution in [1.82, 2.24) is 20.2 Å². The molecule has 1 unspecified atom stereocenters. The summed E-state index contributed by atoms with van der Waals surface area (Å²) in [6.07, 6.45) is 2.14. The highest BCUT2D eigenvalue weighted by Gasteiger charge is 2.31. The Morgan fingerprint density at radius 2 is 1.79 bits per heavy atom. The van der Waals surface area contributed by atoms with Crippen molar-refractivity contribution in [3.05, 3.63) is 41.5 Å². The molecular formula is C19H26N4O4S. The van der Waals surface area contributed by atoms with Crippen LogP contribution in [0.15, 0.2) is 33.7 Å². The molecule has 0 saturated heterocycles. The van der Waals surface area contributed by atoms with Gasteiger partial charge in [-0.25, -0.2) is 13.1 Å².